The highest BCUT2D eigenvalue weighted by atomic mass is 19.4. The molecule has 0 aliphatic rings. The number of carbonyl (C=O) groups excluding carboxylic acids is 2. The molecule has 28 heavy (non-hydrogen) atoms. The van der Waals surface area contributed by atoms with Crippen LogP contribution in [0.2, 0.25) is 0 Å². The van der Waals surface area contributed by atoms with Crippen molar-refractivity contribution in [3.8, 4) is 5.75 Å². The van der Waals surface area contributed by atoms with Gasteiger partial charge in [0.1, 0.15) is 5.75 Å². The summed E-state index contributed by atoms with van der Waals surface area (Å²) in [5.41, 5.74) is 0.359. The Bertz CT molecular complexity index is 978. The molecule has 0 amide bonds. The van der Waals surface area contributed by atoms with Crippen molar-refractivity contribution in [3.63, 3.8) is 0 Å². The highest BCUT2D eigenvalue weighted by molar-refractivity contribution is 6.09. The first kappa shape index (κ1) is 19.4. The highest BCUT2D eigenvalue weighted by Crippen LogP contribution is 2.29. The zero-order valence-corrected chi connectivity index (χ0v) is 14.6. The van der Waals surface area contributed by atoms with E-state index in [9.17, 15) is 22.8 Å². The van der Waals surface area contributed by atoms with Gasteiger partial charge >= 0.3 is 12.1 Å². The molecule has 0 saturated carbocycles. The van der Waals surface area contributed by atoms with Crippen LogP contribution in [-0.4, -0.2) is 11.8 Å². The summed E-state index contributed by atoms with van der Waals surface area (Å²) < 4.78 is 43.4. The zero-order chi connectivity index (χ0) is 20.1. The van der Waals surface area contributed by atoms with E-state index in [-0.39, 0.29) is 23.5 Å². The number of hydrogen-bond acceptors (Lipinski definition) is 3. The lowest BCUT2D eigenvalue weighted by atomic mass is 10.0. The van der Waals surface area contributed by atoms with Gasteiger partial charge in [0.2, 0.25) is 0 Å². The van der Waals surface area contributed by atoms with E-state index in [1.165, 1.54) is 36.4 Å². The molecular formula is C22H15F3O3. The van der Waals surface area contributed by atoms with E-state index in [1.807, 2.05) is 6.07 Å². The van der Waals surface area contributed by atoms with E-state index in [4.69, 9.17) is 4.74 Å². The number of ketones is 1. The molecule has 0 atom stereocenters. The predicted molar refractivity (Wildman–Crippen MR) is 97.1 cm³/mol. The molecule has 0 saturated heterocycles. The molecule has 6 heteroatoms. The molecular weight excluding hydrogens is 369 g/mol. The lowest BCUT2D eigenvalue weighted by molar-refractivity contribution is -0.138. The summed E-state index contributed by atoms with van der Waals surface area (Å²) in [6.45, 7) is 0. The topological polar surface area (TPSA) is 43.4 Å². The summed E-state index contributed by atoms with van der Waals surface area (Å²) in [6, 6.07) is 19.3. The fraction of sp³-hybridized carbons (Fsp3) is 0.0909. The van der Waals surface area contributed by atoms with Gasteiger partial charge in [0, 0.05) is 11.1 Å². The Kier molecular flexibility index (Phi) is 5.59. The molecule has 142 valence electrons. The molecule has 0 N–H and O–H groups in total. The molecule has 0 fully saturated rings. The van der Waals surface area contributed by atoms with Crippen LogP contribution < -0.4 is 4.74 Å². The van der Waals surface area contributed by atoms with Crippen LogP contribution in [0.15, 0.2) is 78.9 Å². The van der Waals surface area contributed by atoms with E-state index in [1.54, 1.807) is 24.3 Å². The first-order chi connectivity index (χ1) is 13.3. The summed E-state index contributed by atoms with van der Waals surface area (Å²) in [7, 11) is 0. The van der Waals surface area contributed by atoms with E-state index >= 15 is 0 Å². The summed E-state index contributed by atoms with van der Waals surface area (Å²) in [5.74, 6) is -0.648. The van der Waals surface area contributed by atoms with Gasteiger partial charge < -0.3 is 4.74 Å². The fourth-order valence-corrected chi connectivity index (χ4v) is 2.62. The van der Waals surface area contributed by atoms with Gasteiger partial charge in [0.15, 0.2) is 5.78 Å². The molecule has 0 heterocycles. The van der Waals surface area contributed by atoms with Crippen molar-refractivity contribution in [1.82, 2.24) is 0 Å². The first-order valence-electron chi connectivity index (χ1n) is 8.39. The van der Waals surface area contributed by atoms with E-state index in [0.29, 0.717) is 11.1 Å². The van der Waals surface area contributed by atoms with Gasteiger partial charge in [0.05, 0.1) is 12.0 Å². The van der Waals surface area contributed by atoms with Crippen LogP contribution in [0.1, 0.15) is 27.0 Å². The number of ether oxygens (including phenoxy) is 1. The lowest BCUT2D eigenvalue weighted by Crippen LogP contribution is -2.12. The maximum atomic E-state index is 12.7. The second-order valence-electron chi connectivity index (χ2n) is 6.07. The van der Waals surface area contributed by atoms with E-state index in [2.05, 4.69) is 0 Å². The van der Waals surface area contributed by atoms with Crippen molar-refractivity contribution < 1.29 is 27.5 Å². The minimum atomic E-state index is -4.47. The van der Waals surface area contributed by atoms with Gasteiger partial charge in [-0.25, -0.2) is 0 Å². The third-order valence-corrected chi connectivity index (χ3v) is 3.99. The van der Waals surface area contributed by atoms with Crippen LogP contribution in [0, 0.1) is 0 Å². The van der Waals surface area contributed by atoms with Crippen molar-refractivity contribution in [2.24, 2.45) is 0 Å². The minimum Gasteiger partial charge on any atom is -0.426 e. The quantitative estimate of drug-likeness (QED) is 0.350. The average Bonchev–Trinajstić information content (AvgIpc) is 2.68. The van der Waals surface area contributed by atoms with Gasteiger partial charge in [-0.1, -0.05) is 48.5 Å². The number of carbonyl (C=O) groups is 2. The van der Waals surface area contributed by atoms with Gasteiger partial charge in [-0.15, -0.1) is 0 Å². The van der Waals surface area contributed by atoms with Crippen LogP contribution in [-0.2, 0) is 17.4 Å². The van der Waals surface area contributed by atoms with Crippen LogP contribution in [0.4, 0.5) is 13.2 Å². The zero-order valence-electron chi connectivity index (χ0n) is 14.6. The van der Waals surface area contributed by atoms with E-state index in [0.717, 1.165) is 12.1 Å². The first-order valence-corrected chi connectivity index (χ1v) is 8.39. The van der Waals surface area contributed by atoms with Crippen LogP contribution >= 0.6 is 0 Å². The molecule has 3 nitrogen and oxygen atoms in total. The van der Waals surface area contributed by atoms with Crippen molar-refractivity contribution in [3.05, 3.63) is 101 Å². The third-order valence-electron chi connectivity index (χ3n) is 3.99. The summed E-state index contributed by atoms with van der Waals surface area (Å²) >= 11 is 0. The second-order valence-corrected chi connectivity index (χ2v) is 6.07. The Morgan fingerprint density at radius 3 is 2.07 bits per heavy atom. The average molecular weight is 384 g/mol. The molecule has 0 bridgehead atoms. The van der Waals surface area contributed by atoms with Crippen molar-refractivity contribution in [2.45, 2.75) is 12.6 Å². The number of rotatable bonds is 5. The second kappa shape index (κ2) is 8.08. The smallest absolute Gasteiger partial charge is 0.416 e. The number of alkyl halides is 3. The molecule has 0 unspecified atom stereocenters. The predicted octanol–water partition coefficient (Wildman–Crippen LogP) is 5.08. The summed E-state index contributed by atoms with van der Waals surface area (Å²) in [6.07, 6.45) is -4.77. The Morgan fingerprint density at radius 2 is 1.43 bits per heavy atom. The third kappa shape index (κ3) is 4.85. The molecule has 0 radical (unpaired) electrons. The Morgan fingerprint density at radius 1 is 0.786 bits per heavy atom. The molecule has 0 aromatic heterocycles. The lowest BCUT2D eigenvalue weighted by Gasteiger charge is -2.09. The van der Waals surface area contributed by atoms with Crippen molar-refractivity contribution in [2.75, 3.05) is 0 Å². The van der Waals surface area contributed by atoms with Crippen molar-refractivity contribution >= 4 is 11.8 Å². The van der Waals surface area contributed by atoms with E-state index < -0.39 is 17.7 Å². The summed E-state index contributed by atoms with van der Waals surface area (Å²) in [5, 5.41) is 0. The maximum absolute atomic E-state index is 12.7. The molecule has 3 rings (SSSR count). The molecule has 3 aromatic carbocycles. The number of hydrogen-bond donors (Lipinski definition) is 0. The Hall–Kier alpha value is -3.41. The Labute approximate surface area is 159 Å². The van der Waals surface area contributed by atoms with Crippen molar-refractivity contribution in [1.29, 1.82) is 0 Å². The van der Waals surface area contributed by atoms with Crippen LogP contribution in [0.5, 0.6) is 5.75 Å². The number of halogens is 3. The summed E-state index contributed by atoms with van der Waals surface area (Å²) in [4.78, 5) is 24.3. The fourth-order valence-electron chi connectivity index (χ4n) is 2.62. The van der Waals surface area contributed by atoms with Gasteiger partial charge in [-0.05, 0) is 35.9 Å². The largest absolute Gasteiger partial charge is 0.426 e. The SMILES string of the molecule is O=C(Cc1cccc(C(F)(F)F)c1)Oc1ccc(C(=O)c2ccccc2)cc1. The van der Waals surface area contributed by atoms with Gasteiger partial charge in [0.25, 0.3) is 0 Å². The highest BCUT2D eigenvalue weighted by Gasteiger charge is 2.30. The maximum Gasteiger partial charge on any atom is 0.416 e. The monoisotopic (exact) mass is 384 g/mol. The normalized spacial score (nSPS) is 11.1. The number of benzene rings is 3. The number of esters is 1. The molecule has 0 aliphatic heterocycles. The van der Waals surface area contributed by atoms with Gasteiger partial charge in [-0.3, -0.25) is 9.59 Å². The molecule has 0 spiro atoms. The van der Waals surface area contributed by atoms with Crippen LogP contribution in [0.25, 0.3) is 0 Å². The standard InChI is InChI=1S/C22H15F3O3/c23-22(24,25)18-8-4-5-15(13-18)14-20(26)28-19-11-9-17(10-12-19)21(27)16-6-2-1-3-7-16/h1-13H,14H2. The molecule has 3 aromatic rings. The minimum absolute atomic E-state index is 0.164. The van der Waals surface area contributed by atoms with Crippen LogP contribution in [0.3, 0.4) is 0 Å². The van der Waals surface area contributed by atoms with Gasteiger partial charge in [-0.2, -0.15) is 13.2 Å². The Balaban J connectivity index is 1.64. The molecule has 0 aliphatic carbocycles.